The van der Waals surface area contributed by atoms with Crippen molar-refractivity contribution in [3.8, 4) is 5.75 Å². The lowest BCUT2D eigenvalue weighted by Crippen LogP contribution is -2.48. The van der Waals surface area contributed by atoms with E-state index in [-0.39, 0.29) is 17.3 Å². The monoisotopic (exact) mass is 249 g/mol. The van der Waals surface area contributed by atoms with Crippen LogP contribution in [0.3, 0.4) is 0 Å². The van der Waals surface area contributed by atoms with Crippen molar-refractivity contribution in [1.82, 2.24) is 0 Å². The molecule has 0 saturated carbocycles. The van der Waals surface area contributed by atoms with Crippen LogP contribution in [0.4, 0.5) is 0 Å². The summed E-state index contributed by atoms with van der Waals surface area (Å²) in [5.41, 5.74) is 6.61. The molecule has 0 bridgehead atoms. The molecule has 1 heterocycles. The highest BCUT2D eigenvalue weighted by Gasteiger charge is 2.44. The summed E-state index contributed by atoms with van der Waals surface area (Å²) in [6.07, 6.45) is 0.293. The third-order valence-corrected chi connectivity index (χ3v) is 3.91. The van der Waals surface area contributed by atoms with Gasteiger partial charge in [-0.1, -0.05) is 25.1 Å². The number of para-hydroxylation sites is 1. The van der Waals surface area contributed by atoms with Crippen LogP contribution in [0.1, 0.15) is 18.9 Å². The molecule has 0 saturated heterocycles. The first-order valence-corrected chi connectivity index (χ1v) is 6.13. The number of rotatable bonds is 3. The first-order valence-electron chi connectivity index (χ1n) is 6.13. The fraction of sp³-hybridized carbons (Fsp3) is 0.500. The van der Waals surface area contributed by atoms with Gasteiger partial charge in [0.25, 0.3) is 0 Å². The molecule has 0 aliphatic carbocycles. The molecule has 0 amide bonds. The summed E-state index contributed by atoms with van der Waals surface area (Å²) in [7, 11) is 1.41. The topological polar surface area (TPSA) is 61.5 Å². The molecule has 0 radical (unpaired) electrons. The van der Waals surface area contributed by atoms with Crippen molar-refractivity contribution < 1.29 is 14.3 Å². The Morgan fingerprint density at radius 1 is 1.56 bits per heavy atom. The highest BCUT2D eigenvalue weighted by atomic mass is 16.5. The highest BCUT2D eigenvalue weighted by molar-refractivity contribution is 5.72. The van der Waals surface area contributed by atoms with E-state index in [2.05, 4.69) is 6.92 Å². The Balaban J connectivity index is 2.47. The van der Waals surface area contributed by atoms with Crippen molar-refractivity contribution in [2.45, 2.75) is 18.8 Å². The molecule has 1 aliphatic heterocycles. The average molecular weight is 249 g/mol. The van der Waals surface area contributed by atoms with Crippen molar-refractivity contribution in [3.05, 3.63) is 29.8 Å². The molecule has 2 atom stereocenters. The minimum Gasteiger partial charge on any atom is -0.493 e. The van der Waals surface area contributed by atoms with Crippen molar-refractivity contribution in [3.63, 3.8) is 0 Å². The zero-order chi connectivity index (χ0) is 13.2. The summed E-state index contributed by atoms with van der Waals surface area (Å²) < 4.78 is 10.5. The van der Waals surface area contributed by atoms with Gasteiger partial charge < -0.3 is 15.2 Å². The molecule has 1 aromatic carbocycles. The van der Waals surface area contributed by atoms with Crippen LogP contribution in [0.25, 0.3) is 0 Å². The Bertz CT molecular complexity index is 446. The first kappa shape index (κ1) is 12.9. The van der Waals surface area contributed by atoms with Gasteiger partial charge in [-0.2, -0.15) is 0 Å². The smallest absolute Gasteiger partial charge is 0.306 e. The van der Waals surface area contributed by atoms with Gasteiger partial charge in [0, 0.05) is 23.4 Å². The van der Waals surface area contributed by atoms with E-state index in [1.807, 2.05) is 24.3 Å². The van der Waals surface area contributed by atoms with Crippen LogP contribution < -0.4 is 10.5 Å². The predicted molar refractivity (Wildman–Crippen MR) is 68.5 cm³/mol. The molecule has 0 fully saturated rings. The second-order valence-electron chi connectivity index (χ2n) is 4.82. The van der Waals surface area contributed by atoms with E-state index in [1.54, 1.807) is 0 Å². The number of hydrogen-bond donors (Lipinski definition) is 1. The second-order valence-corrected chi connectivity index (χ2v) is 4.82. The number of fused-ring (bicyclic) bond motifs is 1. The Labute approximate surface area is 107 Å². The van der Waals surface area contributed by atoms with Gasteiger partial charge in [-0.15, -0.1) is 0 Å². The summed E-state index contributed by atoms with van der Waals surface area (Å²) in [6, 6.07) is 7.78. The van der Waals surface area contributed by atoms with Gasteiger partial charge in [-0.05, 0) is 6.07 Å². The zero-order valence-electron chi connectivity index (χ0n) is 10.8. The molecular formula is C14H19NO3. The third-order valence-electron chi connectivity index (χ3n) is 3.91. The molecule has 4 nitrogen and oxygen atoms in total. The lowest BCUT2D eigenvalue weighted by molar-refractivity contribution is -0.143. The molecule has 1 aliphatic rings. The summed E-state index contributed by atoms with van der Waals surface area (Å²) in [5, 5.41) is 0. The van der Waals surface area contributed by atoms with Gasteiger partial charge >= 0.3 is 5.97 Å². The summed E-state index contributed by atoms with van der Waals surface area (Å²) >= 11 is 0. The zero-order valence-corrected chi connectivity index (χ0v) is 10.8. The molecule has 18 heavy (non-hydrogen) atoms. The number of hydrogen-bond acceptors (Lipinski definition) is 4. The number of ether oxygens (including phenoxy) is 2. The van der Waals surface area contributed by atoms with E-state index in [0.717, 1.165) is 11.3 Å². The summed E-state index contributed by atoms with van der Waals surface area (Å²) in [6.45, 7) is 3.04. The standard InChI is InChI=1S/C14H19NO3/c1-10-8-18-12-6-4-3-5-11(12)14(10,9-15)7-13(16)17-2/h3-6,10H,7-9,15H2,1-2H3. The number of nitrogens with two attached hydrogens (primary N) is 1. The number of esters is 1. The van der Waals surface area contributed by atoms with Gasteiger partial charge in [-0.3, -0.25) is 4.79 Å². The molecule has 98 valence electrons. The van der Waals surface area contributed by atoms with E-state index >= 15 is 0 Å². The van der Waals surface area contributed by atoms with E-state index in [1.165, 1.54) is 7.11 Å². The SMILES string of the molecule is COC(=O)CC1(CN)c2ccccc2OCC1C. The Hall–Kier alpha value is -1.55. The molecule has 1 aromatic rings. The van der Waals surface area contributed by atoms with E-state index in [9.17, 15) is 4.79 Å². The van der Waals surface area contributed by atoms with Gasteiger partial charge in [0.2, 0.25) is 0 Å². The average Bonchev–Trinajstić information content (AvgIpc) is 2.42. The Morgan fingerprint density at radius 2 is 2.28 bits per heavy atom. The van der Waals surface area contributed by atoms with Gasteiger partial charge in [0.1, 0.15) is 5.75 Å². The quantitative estimate of drug-likeness (QED) is 0.824. The van der Waals surface area contributed by atoms with Crippen molar-refractivity contribution in [2.24, 2.45) is 11.7 Å². The van der Waals surface area contributed by atoms with Crippen LogP contribution in [-0.4, -0.2) is 26.2 Å². The lowest BCUT2D eigenvalue weighted by atomic mass is 9.67. The van der Waals surface area contributed by atoms with E-state index in [4.69, 9.17) is 15.2 Å². The van der Waals surface area contributed by atoms with Crippen molar-refractivity contribution in [1.29, 1.82) is 0 Å². The largest absolute Gasteiger partial charge is 0.493 e. The van der Waals surface area contributed by atoms with Crippen molar-refractivity contribution in [2.75, 3.05) is 20.3 Å². The highest BCUT2D eigenvalue weighted by Crippen LogP contribution is 2.43. The van der Waals surface area contributed by atoms with Crippen molar-refractivity contribution >= 4 is 5.97 Å². The van der Waals surface area contributed by atoms with E-state index < -0.39 is 0 Å². The minimum atomic E-state index is -0.387. The van der Waals surface area contributed by atoms with Crippen LogP contribution in [0.5, 0.6) is 5.75 Å². The maximum Gasteiger partial charge on any atom is 0.306 e. The fourth-order valence-electron chi connectivity index (χ4n) is 2.63. The van der Waals surface area contributed by atoms with Crippen LogP contribution in [-0.2, 0) is 14.9 Å². The maximum absolute atomic E-state index is 11.7. The normalized spacial score (nSPS) is 26.1. The van der Waals surface area contributed by atoms with Gasteiger partial charge in [0.05, 0.1) is 20.1 Å². The van der Waals surface area contributed by atoms with Crippen LogP contribution in [0, 0.1) is 5.92 Å². The minimum absolute atomic E-state index is 0.177. The number of benzene rings is 1. The summed E-state index contributed by atoms with van der Waals surface area (Å²) in [4.78, 5) is 11.7. The molecule has 2 rings (SSSR count). The molecule has 0 spiro atoms. The van der Waals surface area contributed by atoms with Crippen LogP contribution >= 0.6 is 0 Å². The number of carbonyl (C=O) groups excluding carboxylic acids is 1. The van der Waals surface area contributed by atoms with E-state index in [0.29, 0.717) is 19.6 Å². The molecule has 2 N–H and O–H groups in total. The predicted octanol–water partition coefficient (Wildman–Crippen LogP) is 1.47. The van der Waals surface area contributed by atoms with Crippen LogP contribution in [0.2, 0.25) is 0 Å². The number of carbonyl (C=O) groups is 1. The molecule has 0 aromatic heterocycles. The van der Waals surface area contributed by atoms with Gasteiger partial charge in [-0.25, -0.2) is 0 Å². The molecule has 4 heteroatoms. The molecule has 2 unspecified atom stereocenters. The Morgan fingerprint density at radius 3 is 2.94 bits per heavy atom. The van der Waals surface area contributed by atoms with Gasteiger partial charge in [0.15, 0.2) is 0 Å². The second kappa shape index (κ2) is 4.98. The van der Waals surface area contributed by atoms with Crippen LogP contribution in [0.15, 0.2) is 24.3 Å². The number of methoxy groups -OCH3 is 1. The Kier molecular flexibility index (Phi) is 3.57. The maximum atomic E-state index is 11.7. The lowest BCUT2D eigenvalue weighted by Gasteiger charge is -2.42. The third kappa shape index (κ3) is 1.97. The summed E-state index contributed by atoms with van der Waals surface area (Å²) in [5.74, 6) is 0.769. The first-order chi connectivity index (χ1) is 8.64. The molecular weight excluding hydrogens is 230 g/mol. The fourth-order valence-corrected chi connectivity index (χ4v) is 2.63.